The zero-order chi connectivity index (χ0) is 28.2. The number of likely N-dealkylation sites (tertiary alicyclic amines) is 1. The van der Waals surface area contributed by atoms with Gasteiger partial charge in [-0.2, -0.15) is 5.10 Å². The van der Waals surface area contributed by atoms with Crippen LogP contribution in [0.4, 0.5) is 11.6 Å². The fourth-order valence-electron chi connectivity index (χ4n) is 4.98. The summed E-state index contributed by atoms with van der Waals surface area (Å²) < 4.78 is 1.81. The second kappa shape index (κ2) is 11.7. The number of carbonyl (C=O) groups is 2. The number of nitrogens with zero attached hydrogens (tertiary/aromatic N) is 5. The maximum absolute atomic E-state index is 13.4. The molecule has 2 N–H and O–H groups in total. The lowest BCUT2D eigenvalue weighted by molar-refractivity contribution is 0.0712. The third-order valence-corrected chi connectivity index (χ3v) is 7.27. The van der Waals surface area contributed by atoms with Crippen molar-refractivity contribution in [2.24, 2.45) is 7.05 Å². The molecule has 206 valence electrons. The van der Waals surface area contributed by atoms with Crippen LogP contribution in [0.1, 0.15) is 64.4 Å². The molecule has 0 atom stereocenters. The molecular formula is C31H35N7O2. The summed E-state index contributed by atoms with van der Waals surface area (Å²) in [5.74, 6) is 0.553. The van der Waals surface area contributed by atoms with E-state index in [-0.39, 0.29) is 17.9 Å². The second-order valence-corrected chi connectivity index (χ2v) is 10.7. The molecule has 2 aromatic carbocycles. The quantitative estimate of drug-likeness (QED) is 0.332. The highest BCUT2D eigenvalue weighted by molar-refractivity contribution is 6.05. The van der Waals surface area contributed by atoms with Crippen LogP contribution in [0.25, 0.3) is 11.1 Å². The summed E-state index contributed by atoms with van der Waals surface area (Å²) in [5, 5.41) is 10.3. The minimum absolute atomic E-state index is 0.0201. The van der Waals surface area contributed by atoms with Gasteiger partial charge in [0.2, 0.25) is 5.95 Å². The lowest BCUT2D eigenvalue weighted by Crippen LogP contribution is -2.38. The van der Waals surface area contributed by atoms with Gasteiger partial charge in [-0.3, -0.25) is 14.3 Å². The highest BCUT2D eigenvalue weighted by Gasteiger charge is 2.25. The van der Waals surface area contributed by atoms with Crippen molar-refractivity contribution in [3.8, 4) is 11.1 Å². The maximum Gasteiger partial charge on any atom is 0.258 e. The van der Waals surface area contributed by atoms with E-state index in [1.165, 1.54) is 18.0 Å². The fourth-order valence-corrected chi connectivity index (χ4v) is 4.98. The molecule has 0 radical (unpaired) electrons. The van der Waals surface area contributed by atoms with Crippen LogP contribution in [-0.2, 0) is 7.05 Å². The fraction of sp³-hybridized carbons (Fsp3) is 0.323. The highest BCUT2D eigenvalue weighted by atomic mass is 16.2. The van der Waals surface area contributed by atoms with E-state index in [0.29, 0.717) is 41.8 Å². The molecule has 9 heteroatoms. The van der Waals surface area contributed by atoms with Crippen LogP contribution in [0.2, 0.25) is 0 Å². The van der Waals surface area contributed by atoms with Crippen molar-refractivity contribution in [2.45, 2.75) is 45.6 Å². The minimum atomic E-state index is -0.320. The third-order valence-electron chi connectivity index (χ3n) is 7.27. The number of nitrogens with one attached hydrogen (secondary N) is 2. The Balaban J connectivity index is 1.19. The Bertz CT molecular complexity index is 1490. The summed E-state index contributed by atoms with van der Waals surface area (Å²) in [7, 11) is 1.92. The number of rotatable bonds is 7. The van der Waals surface area contributed by atoms with E-state index >= 15 is 0 Å². The minimum Gasteiger partial charge on any atom is -0.352 e. The number of carbonyl (C=O) groups excluding carboxylic acids is 2. The Morgan fingerprint density at radius 3 is 2.25 bits per heavy atom. The van der Waals surface area contributed by atoms with Crippen LogP contribution in [0, 0.1) is 6.92 Å². The molecule has 9 nitrogen and oxygen atoms in total. The van der Waals surface area contributed by atoms with Gasteiger partial charge in [0, 0.05) is 61.6 Å². The highest BCUT2D eigenvalue weighted by Crippen LogP contribution is 2.31. The number of hydrogen-bond acceptors (Lipinski definition) is 6. The van der Waals surface area contributed by atoms with Crippen LogP contribution in [-0.4, -0.2) is 55.6 Å². The van der Waals surface area contributed by atoms with Gasteiger partial charge < -0.3 is 15.5 Å². The second-order valence-electron chi connectivity index (χ2n) is 10.7. The number of amides is 2. The van der Waals surface area contributed by atoms with E-state index in [1.54, 1.807) is 10.7 Å². The average Bonchev–Trinajstić information content (AvgIpc) is 3.40. The molecule has 0 bridgehead atoms. The molecule has 3 heterocycles. The monoisotopic (exact) mass is 537 g/mol. The van der Waals surface area contributed by atoms with Gasteiger partial charge in [-0.05, 0) is 68.4 Å². The largest absolute Gasteiger partial charge is 0.352 e. The van der Waals surface area contributed by atoms with Crippen LogP contribution in [0.15, 0.2) is 67.3 Å². The number of piperidine rings is 1. The van der Waals surface area contributed by atoms with Gasteiger partial charge in [0.25, 0.3) is 11.8 Å². The molecule has 0 spiro atoms. The van der Waals surface area contributed by atoms with Crippen molar-refractivity contribution in [3.63, 3.8) is 0 Å². The molecule has 2 aromatic heterocycles. The molecule has 1 aliphatic rings. The summed E-state index contributed by atoms with van der Waals surface area (Å²) in [6.45, 7) is 7.27. The smallest absolute Gasteiger partial charge is 0.258 e. The molecule has 4 aromatic rings. The van der Waals surface area contributed by atoms with Crippen molar-refractivity contribution >= 4 is 23.5 Å². The normalized spacial score (nSPS) is 13.9. The molecule has 0 aliphatic carbocycles. The molecule has 1 fully saturated rings. The summed E-state index contributed by atoms with van der Waals surface area (Å²) >= 11 is 0. The predicted octanol–water partition coefficient (Wildman–Crippen LogP) is 5.28. The summed E-state index contributed by atoms with van der Waals surface area (Å²) in [5.41, 5.74) is 5.94. The zero-order valence-corrected chi connectivity index (χ0v) is 23.4. The molecule has 1 saturated heterocycles. The molecule has 1 aliphatic heterocycles. The SMILES string of the molecule is Cc1ccc(C(=O)N2CCC(c3ccc(-c4cnn(C)c4)cc3)CC2)cc1NC(=O)c1cnc(NC(C)C)nc1. The van der Waals surface area contributed by atoms with Gasteiger partial charge in [0.1, 0.15) is 0 Å². The molecule has 5 rings (SSSR count). The number of benzene rings is 2. The Hall–Kier alpha value is -4.53. The van der Waals surface area contributed by atoms with Crippen LogP contribution < -0.4 is 10.6 Å². The van der Waals surface area contributed by atoms with Gasteiger partial charge in [0.05, 0.1) is 11.8 Å². The summed E-state index contributed by atoms with van der Waals surface area (Å²) in [6.07, 6.45) is 8.70. The van der Waals surface area contributed by atoms with Crippen molar-refractivity contribution < 1.29 is 9.59 Å². The van der Waals surface area contributed by atoms with Crippen molar-refractivity contribution in [2.75, 3.05) is 23.7 Å². The van der Waals surface area contributed by atoms with E-state index in [9.17, 15) is 9.59 Å². The number of hydrogen-bond donors (Lipinski definition) is 2. The van der Waals surface area contributed by atoms with Crippen molar-refractivity contribution in [3.05, 3.63) is 89.5 Å². The Kier molecular flexibility index (Phi) is 7.91. The van der Waals surface area contributed by atoms with Gasteiger partial charge >= 0.3 is 0 Å². The van der Waals surface area contributed by atoms with E-state index in [4.69, 9.17) is 0 Å². The first kappa shape index (κ1) is 27.1. The molecule has 2 amide bonds. The van der Waals surface area contributed by atoms with Crippen LogP contribution in [0.3, 0.4) is 0 Å². The topological polar surface area (TPSA) is 105 Å². The van der Waals surface area contributed by atoms with E-state index in [0.717, 1.165) is 29.5 Å². The number of aryl methyl sites for hydroxylation is 2. The van der Waals surface area contributed by atoms with Gasteiger partial charge in [-0.1, -0.05) is 30.3 Å². The molecule has 0 unspecified atom stereocenters. The molecular weight excluding hydrogens is 502 g/mol. The van der Waals surface area contributed by atoms with Crippen LogP contribution >= 0.6 is 0 Å². The summed E-state index contributed by atoms with van der Waals surface area (Å²) in [6, 6.07) is 14.3. The lowest BCUT2D eigenvalue weighted by atomic mass is 9.88. The van der Waals surface area contributed by atoms with Crippen molar-refractivity contribution in [1.82, 2.24) is 24.6 Å². The first-order valence-electron chi connectivity index (χ1n) is 13.7. The number of aromatic nitrogens is 4. The lowest BCUT2D eigenvalue weighted by Gasteiger charge is -2.32. The zero-order valence-electron chi connectivity index (χ0n) is 23.4. The summed E-state index contributed by atoms with van der Waals surface area (Å²) in [4.78, 5) is 36.5. The van der Waals surface area contributed by atoms with Gasteiger partial charge in [0.15, 0.2) is 0 Å². The van der Waals surface area contributed by atoms with Gasteiger partial charge in [-0.15, -0.1) is 0 Å². The van der Waals surface area contributed by atoms with Crippen molar-refractivity contribution in [1.29, 1.82) is 0 Å². The van der Waals surface area contributed by atoms with E-state index in [1.807, 2.05) is 57.2 Å². The Morgan fingerprint density at radius 2 is 1.62 bits per heavy atom. The average molecular weight is 538 g/mol. The first-order chi connectivity index (χ1) is 19.3. The Morgan fingerprint density at radius 1 is 0.925 bits per heavy atom. The predicted molar refractivity (Wildman–Crippen MR) is 156 cm³/mol. The first-order valence-corrected chi connectivity index (χ1v) is 13.7. The standard InChI is InChI=1S/C31H35N7O2/c1-20(2)35-31-32-16-26(17-33-31)29(39)36-28-15-25(6-5-21(28)3)30(40)38-13-11-24(12-14-38)22-7-9-23(10-8-22)27-18-34-37(4)19-27/h5-10,15-20,24H,11-14H2,1-4H3,(H,36,39)(H,32,33,35). The molecule has 0 saturated carbocycles. The van der Waals surface area contributed by atoms with Gasteiger partial charge in [-0.25, -0.2) is 9.97 Å². The Labute approximate surface area is 234 Å². The molecule has 40 heavy (non-hydrogen) atoms. The third kappa shape index (κ3) is 6.20. The van der Waals surface area contributed by atoms with E-state index in [2.05, 4.69) is 50.0 Å². The van der Waals surface area contributed by atoms with E-state index < -0.39 is 0 Å². The van der Waals surface area contributed by atoms with Crippen LogP contribution in [0.5, 0.6) is 0 Å². The number of anilines is 2. The maximum atomic E-state index is 13.4.